The molecule has 0 unspecified atom stereocenters. The van der Waals surface area contributed by atoms with E-state index in [0.717, 1.165) is 11.3 Å². The van der Waals surface area contributed by atoms with E-state index in [4.69, 9.17) is 0 Å². The fourth-order valence-electron chi connectivity index (χ4n) is 2.76. The van der Waals surface area contributed by atoms with Crippen LogP contribution in [0.4, 0.5) is 11.4 Å². The number of rotatable bonds is 6. The van der Waals surface area contributed by atoms with E-state index >= 15 is 0 Å². The zero-order chi connectivity index (χ0) is 19.4. The van der Waals surface area contributed by atoms with Gasteiger partial charge in [-0.2, -0.15) is 5.10 Å². The molecule has 0 aliphatic carbocycles. The van der Waals surface area contributed by atoms with Crippen LogP contribution >= 0.6 is 0 Å². The Balaban J connectivity index is 1.76. The third-order valence-corrected chi connectivity index (χ3v) is 4.13. The van der Waals surface area contributed by atoms with Crippen LogP contribution in [-0.4, -0.2) is 39.6 Å². The maximum atomic E-state index is 12.7. The molecule has 8 nitrogen and oxygen atoms in total. The number of aromatic nitrogens is 2. The van der Waals surface area contributed by atoms with Crippen LogP contribution in [-0.2, 0) is 6.54 Å². The first-order valence-corrected chi connectivity index (χ1v) is 8.30. The standard InChI is InChI=1S/C19H19N5O3/c1-20-17-9-8-15(10-18(17)24(26)27)19(25)22(2)12-14-11-21-23(13-14)16-6-4-3-5-7-16/h3-11,13,20H,12H2,1-2H3. The van der Waals surface area contributed by atoms with Gasteiger partial charge in [-0.3, -0.25) is 14.9 Å². The molecule has 0 radical (unpaired) electrons. The Bertz CT molecular complexity index is 968. The van der Waals surface area contributed by atoms with Gasteiger partial charge in [-0.15, -0.1) is 0 Å². The molecule has 138 valence electrons. The van der Waals surface area contributed by atoms with E-state index in [1.54, 1.807) is 31.0 Å². The van der Waals surface area contributed by atoms with Gasteiger partial charge in [0.05, 0.1) is 16.8 Å². The van der Waals surface area contributed by atoms with Gasteiger partial charge in [-0.05, 0) is 24.3 Å². The molecule has 1 amide bonds. The summed E-state index contributed by atoms with van der Waals surface area (Å²) in [5.41, 5.74) is 2.28. The van der Waals surface area contributed by atoms with Gasteiger partial charge in [0.2, 0.25) is 0 Å². The van der Waals surface area contributed by atoms with Crippen molar-refractivity contribution >= 4 is 17.3 Å². The summed E-state index contributed by atoms with van der Waals surface area (Å²) >= 11 is 0. The van der Waals surface area contributed by atoms with Crippen molar-refractivity contribution in [3.05, 3.63) is 82.2 Å². The molecule has 0 atom stereocenters. The van der Waals surface area contributed by atoms with Gasteiger partial charge in [0.25, 0.3) is 11.6 Å². The molecule has 27 heavy (non-hydrogen) atoms. The Morgan fingerprint density at radius 1 is 1.26 bits per heavy atom. The maximum absolute atomic E-state index is 12.7. The lowest BCUT2D eigenvalue weighted by Gasteiger charge is -2.16. The molecule has 0 saturated heterocycles. The lowest BCUT2D eigenvalue weighted by atomic mass is 10.1. The Kier molecular flexibility index (Phi) is 5.16. The zero-order valence-corrected chi connectivity index (χ0v) is 15.0. The first-order chi connectivity index (χ1) is 13.0. The van der Waals surface area contributed by atoms with E-state index < -0.39 is 4.92 Å². The number of hydrogen-bond donors (Lipinski definition) is 1. The van der Waals surface area contributed by atoms with Crippen molar-refractivity contribution in [2.45, 2.75) is 6.54 Å². The summed E-state index contributed by atoms with van der Waals surface area (Å²) in [4.78, 5) is 24.8. The van der Waals surface area contributed by atoms with Crippen molar-refractivity contribution < 1.29 is 9.72 Å². The molecule has 1 aromatic heterocycles. The van der Waals surface area contributed by atoms with Crippen LogP contribution in [0, 0.1) is 10.1 Å². The number of hydrogen-bond acceptors (Lipinski definition) is 5. The summed E-state index contributed by atoms with van der Waals surface area (Å²) in [7, 11) is 3.25. The topological polar surface area (TPSA) is 93.3 Å². The third-order valence-electron chi connectivity index (χ3n) is 4.13. The molecule has 2 aromatic carbocycles. The molecular formula is C19H19N5O3. The minimum absolute atomic E-state index is 0.131. The SMILES string of the molecule is CNc1ccc(C(=O)N(C)Cc2cnn(-c3ccccc3)c2)cc1[N+](=O)[O-]. The van der Waals surface area contributed by atoms with Crippen LogP contribution in [0.15, 0.2) is 60.9 Å². The van der Waals surface area contributed by atoms with E-state index in [1.165, 1.54) is 17.0 Å². The molecular weight excluding hydrogens is 346 g/mol. The van der Waals surface area contributed by atoms with Crippen LogP contribution in [0.2, 0.25) is 0 Å². The monoisotopic (exact) mass is 365 g/mol. The number of benzene rings is 2. The van der Waals surface area contributed by atoms with Crippen LogP contribution in [0.3, 0.4) is 0 Å². The van der Waals surface area contributed by atoms with Gasteiger partial charge in [-0.1, -0.05) is 18.2 Å². The van der Waals surface area contributed by atoms with E-state index in [1.807, 2.05) is 36.5 Å². The predicted octanol–water partition coefficient (Wildman–Crippen LogP) is 3.09. The lowest BCUT2D eigenvalue weighted by Crippen LogP contribution is -2.26. The minimum atomic E-state index is -0.507. The highest BCUT2D eigenvalue weighted by atomic mass is 16.6. The summed E-state index contributed by atoms with van der Waals surface area (Å²) < 4.78 is 1.74. The second-order valence-electron chi connectivity index (χ2n) is 6.03. The number of nitro benzene ring substituents is 1. The summed E-state index contributed by atoms with van der Waals surface area (Å²) in [6.07, 6.45) is 3.55. The van der Waals surface area contributed by atoms with Gasteiger partial charge >= 0.3 is 0 Å². The Labute approximate surface area is 156 Å². The molecule has 0 aliphatic rings. The molecule has 0 spiro atoms. The second-order valence-corrected chi connectivity index (χ2v) is 6.03. The molecule has 0 bridgehead atoms. The number of nitro groups is 1. The van der Waals surface area contributed by atoms with Crippen LogP contribution < -0.4 is 5.32 Å². The smallest absolute Gasteiger partial charge is 0.293 e. The zero-order valence-electron chi connectivity index (χ0n) is 15.0. The average Bonchev–Trinajstić information content (AvgIpc) is 3.16. The number of para-hydroxylation sites is 1. The normalized spacial score (nSPS) is 10.4. The van der Waals surface area contributed by atoms with Crippen LogP contribution in [0.25, 0.3) is 5.69 Å². The van der Waals surface area contributed by atoms with Crippen molar-refractivity contribution in [2.24, 2.45) is 0 Å². The van der Waals surface area contributed by atoms with Crippen LogP contribution in [0.5, 0.6) is 0 Å². The lowest BCUT2D eigenvalue weighted by molar-refractivity contribution is -0.384. The summed E-state index contributed by atoms with van der Waals surface area (Å²) in [5, 5.41) is 18.2. The van der Waals surface area contributed by atoms with Gasteiger partial charge in [0, 0.05) is 44.0 Å². The van der Waals surface area contributed by atoms with Crippen molar-refractivity contribution in [1.29, 1.82) is 0 Å². The third kappa shape index (κ3) is 3.95. The number of nitrogens with zero attached hydrogens (tertiary/aromatic N) is 4. The second kappa shape index (κ2) is 7.69. The first kappa shape index (κ1) is 18.1. The highest BCUT2D eigenvalue weighted by molar-refractivity contribution is 5.95. The maximum Gasteiger partial charge on any atom is 0.293 e. The molecule has 0 saturated carbocycles. The Hall–Kier alpha value is -3.68. The van der Waals surface area contributed by atoms with E-state index in [-0.39, 0.29) is 17.2 Å². The van der Waals surface area contributed by atoms with E-state index in [2.05, 4.69) is 10.4 Å². The van der Waals surface area contributed by atoms with Gasteiger partial charge in [0.1, 0.15) is 5.69 Å². The van der Waals surface area contributed by atoms with Gasteiger partial charge in [-0.25, -0.2) is 4.68 Å². The predicted molar refractivity (Wildman–Crippen MR) is 102 cm³/mol. The molecule has 3 rings (SSSR count). The number of carbonyl (C=O) groups is 1. The summed E-state index contributed by atoms with van der Waals surface area (Å²) in [6, 6.07) is 14.1. The molecule has 1 heterocycles. The minimum Gasteiger partial charge on any atom is -0.383 e. The number of carbonyl (C=O) groups excluding carboxylic acids is 1. The molecule has 0 fully saturated rings. The Morgan fingerprint density at radius 2 is 2.00 bits per heavy atom. The molecule has 8 heteroatoms. The first-order valence-electron chi connectivity index (χ1n) is 8.30. The Morgan fingerprint density at radius 3 is 2.67 bits per heavy atom. The fraction of sp³-hybridized carbons (Fsp3) is 0.158. The van der Waals surface area contributed by atoms with Crippen LogP contribution in [0.1, 0.15) is 15.9 Å². The van der Waals surface area contributed by atoms with E-state index in [0.29, 0.717) is 12.2 Å². The quantitative estimate of drug-likeness (QED) is 0.535. The largest absolute Gasteiger partial charge is 0.383 e. The van der Waals surface area contributed by atoms with E-state index in [9.17, 15) is 14.9 Å². The van der Waals surface area contributed by atoms with Crippen molar-refractivity contribution in [3.8, 4) is 5.69 Å². The van der Waals surface area contributed by atoms with Gasteiger partial charge in [0.15, 0.2) is 0 Å². The number of anilines is 1. The van der Waals surface area contributed by atoms with Crippen molar-refractivity contribution in [2.75, 3.05) is 19.4 Å². The van der Waals surface area contributed by atoms with Crippen molar-refractivity contribution in [3.63, 3.8) is 0 Å². The molecule has 1 N–H and O–H groups in total. The highest BCUT2D eigenvalue weighted by Gasteiger charge is 2.19. The molecule has 3 aromatic rings. The number of amides is 1. The molecule has 0 aliphatic heterocycles. The van der Waals surface area contributed by atoms with Crippen molar-refractivity contribution in [1.82, 2.24) is 14.7 Å². The summed E-state index contributed by atoms with van der Waals surface area (Å²) in [5.74, 6) is -0.298. The number of nitrogens with one attached hydrogen (secondary N) is 1. The summed E-state index contributed by atoms with van der Waals surface area (Å²) in [6.45, 7) is 0.341. The average molecular weight is 365 g/mol. The fourth-order valence-corrected chi connectivity index (χ4v) is 2.76. The van der Waals surface area contributed by atoms with Gasteiger partial charge < -0.3 is 10.2 Å². The highest BCUT2D eigenvalue weighted by Crippen LogP contribution is 2.25.